The van der Waals surface area contributed by atoms with Crippen molar-refractivity contribution in [2.75, 3.05) is 26.7 Å². The molecule has 0 spiro atoms. The number of aliphatic hydroxyl groups is 1. The van der Waals surface area contributed by atoms with Gasteiger partial charge in [-0.25, -0.2) is 0 Å². The second kappa shape index (κ2) is 6.23. The summed E-state index contributed by atoms with van der Waals surface area (Å²) in [5.41, 5.74) is -0.480. The molecule has 2 fully saturated rings. The Morgan fingerprint density at radius 2 is 1.84 bits per heavy atom. The maximum Gasteiger partial charge on any atom is 0.222 e. The molecule has 0 bridgehead atoms. The molecule has 0 aromatic carbocycles. The molecule has 0 radical (unpaired) electrons. The van der Waals surface area contributed by atoms with E-state index in [2.05, 4.69) is 17.1 Å². The lowest BCUT2D eigenvalue weighted by Crippen LogP contribution is -2.49. The number of nitrogens with zero attached hydrogens (tertiary/aromatic N) is 1. The summed E-state index contributed by atoms with van der Waals surface area (Å²) in [4.78, 5) is 13.9. The highest BCUT2D eigenvalue weighted by Gasteiger charge is 2.35. The van der Waals surface area contributed by atoms with Crippen molar-refractivity contribution in [1.82, 2.24) is 10.2 Å². The minimum atomic E-state index is -0.480. The topological polar surface area (TPSA) is 52.6 Å². The number of rotatable bonds is 3. The van der Waals surface area contributed by atoms with Crippen molar-refractivity contribution in [2.45, 2.75) is 51.0 Å². The van der Waals surface area contributed by atoms with Crippen LogP contribution in [0.25, 0.3) is 0 Å². The van der Waals surface area contributed by atoms with Crippen LogP contribution in [0.15, 0.2) is 0 Å². The van der Waals surface area contributed by atoms with E-state index in [1.165, 1.54) is 0 Å². The third-order valence-electron chi connectivity index (χ3n) is 4.93. The van der Waals surface area contributed by atoms with Gasteiger partial charge in [-0.3, -0.25) is 4.79 Å². The summed E-state index contributed by atoms with van der Waals surface area (Å²) >= 11 is 0. The first-order valence-corrected chi connectivity index (χ1v) is 7.69. The molecule has 19 heavy (non-hydrogen) atoms. The van der Waals surface area contributed by atoms with Crippen LogP contribution in [-0.2, 0) is 4.79 Å². The minimum absolute atomic E-state index is 0.169. The molecule has 4 nitrogen and oxygen atoms in total. The van der Waals surface area contributed by atoms with Crippen LogP contribution in [0.1, 0.15) is 45.4 Å². The molecule has 1 aliphatic heterocycles. The van der Waals surface area contributed by atoms with Gasteiger partial charge in [-0.05, 0) is 57.5 Å². The van der Waals surface area contributed by atoms with Crippen molar-refractivity contribution >= 4 is 5.91 Å². The van der Waals surface area contributed by atoms with E-state index in [-0.39, 0.29) is 11.8 Å². The fraction of sp³-hybridized carbons (Fsp3) is 0.933. The van der Waals surface area contributed by atoms with E-state index < -0.39 is 5.60 Å². The van der Waals surface area contributed by atoms with Gasteiger partial charge in [-0.15, -0.1) is 0 Å². The first-order chi connectivity index (χ1) is 9.02. The van der Waals surface area contributed by atoms with Crippen molar-refractivity contribution in [3.05, 3.63) is 0 Å². The third kappa shape index (κ3) is 3.93. The highest BCUT2D eigenvalue weighted by Crippen LogP contribution is 2.33. The Kier molecular flexibility index (Phi) is 4.85. The molecule has 1 heterocycles. The van der Waals surface area contributed by atoms with Gasteiger partial charge in [-0.2, -0.15) is 0 Å². The highest BCUT2D eigenvalue weighted by molar-refractivity contribution is 5.78. The zero-order chi connectivity index (χ0) is 13.9. The second-order valence-corrected chi connectivity index (χ2v) is 6.57. The van der Waals surface area contributed by atoms with Gasteiger partial charge in [-0.1, -0.05) is 6.92 Å². The van der Waals surface area contributed by atoms with Crippen LogP contribution in [0.2, 0.25) is 0 Å². The molecule has 0 aromatic heterocycles. The van der Waals surface area contributed by atoms with Crippen LogP contribution in [-0.4, -0.2) is 48.2 Å². The van der Waals surface area contributed by atoms with Gasteiger partial charge < -0.3 is 15.3 Å². The normalized spacial score (nSPS) is 34.2. The van der Waals surface area contributed by atoms with E-state index in [0.29, 0.717) is 0 Å². The van der Waals surface area contributed by atoms with Gasteiger partial charge in [0.2, 0.25) is 5.91 Å². The van der Waals surface area contributed by atoms with E-state index in [1.54, 1.807) is 7.05 Å². The van der Waals surface area contributed by atoms with Crippen LogP contribution in [0.5, 0.6) is 0 Å². The molecule has 110 valence electrons. The molecule has 1 amide bonds. The molecular formula is C15H28N2O2. The van der Waals surface area contributed by atoms with Crippen LogP contribution in [0.3, 0.4) is 0 Å². The summed E-state index contributed by atoms with van der Waals surface area (Å²) in [6.07, 6.45) is 6.00. The number of carbonyl (C=O) groups is 1. The van der Waals surface area contributed by atoms with Crippen LogP contribution in [0.4, 0.5) is 0 Å². The van der Waals surface area contributed by atoms with Gasteiger partial charge in [0.25, 0.3) is 0 Å². The molecule has 2 aliphatic rings. The maximum absolute atomic E-state index is 11.6. The largest absolute Gasteiger partial charge is 0.389 e. The Morgan fingerprint density at radius 3 is 2.37 bits per heavy atom. The van der Waals surface area contributed by atoms with Crippen LogP contribution < -0.4 is 5.32 Å². The van der Waals surface area contributed by atoms with E-state index >= 15 is 0 Å². The van der Waals surface area contributed by atoms with Gasteiger partial charge in [0.1, 0.15) is 0 Å². The zero-order valence-corrected chi connectivity index (χ0v) is 12.3. The molecular weight excluding hydrogens is 240 g/mol. The Morgan fingerprint density at radius 1 is 1.26 bits per heavy atom. The first-order valence-electron chi connectivity index (χ1n) is 7.69. The second-order valence-electron chi connectivity index (χ2n) is 6.57. The van der Waals surface area contributed by atoms with Gasteiger partial charge >= 0.3 is 0 Å². The molecule has 0 unspecified atom stereocenters. The van der Waals surface area contributed by atoms with Crippen molar-refractivity contribution in [2.24, 2.45) is 11.8 Å². The molecule has 1 saturated carbocycles. The number of nitrogens with one attached hydrogen (secondary N) is 1. The van der Waals surface area contributed by atoms with Crippen molar-refractivity contribution in [3.63, 3.8) is 0 Å². The Hall–Kier alpha value is -0.610. The van der Waals surface area contributed by atoms with E-state index in [9.17, 15) is 9.90 Å². The third-order valence-corrected chi connectivity index (χ3v) is 4.93. The van der Waals surface area contributed by atoms with Gasteiger partial charge in [0.15, 0.2) is 0 Å². The molecule has 1 saturated heterocycles. The average molecular weight is 268 g/mol. The van der Waals surface area contributed by atoms with Crippen molar-refractivity contribution < 1.29 is 9.90 Å². The summed E-state index contributed by atoms with van der Waals surface area (Å²) < 4.78 is 0. The summed E-state index contributed by atoms with van der Waals surface area (Å²) in [5, 5.41) is 13.4. The number of amides is 1. The van der Waals surface area contributed by atoms with Gasteiger partial charge in [0, 0.05) is 19.5 Å². The lowest BCUT2D eigenvalue weighted by molar-refractivity contribution is -0.126. The number of piperidine rings is 1. The summed E-state index contributed by atoms with van der Waals surface area (Å²) in [6.45, 7) is 4.94. The fourth-order valence-corrected chi connectivity index (χ4v) is 3.43. The molecule has 2 N–H and O–H groups in total. The number of hydrogen-bond donors (Lipinski definition) is 2. The number of hydrogen-bond acceptors (Lipinski definition) is 3. The molecule has 0 atom stereocenters. The molecule has 4 heteroatoms. The lowest BCUT2D eigenvalue weighted by Gasteiger charge is -2.41. The number of β-amino-alcohol motifs (C(OH)–C–C–N with tert-alkyl or cyclic N) is 1. The van der Waals surface area contributed by atoms with E-state index in [4.69, 9.17) is 0 Å². The highest BCUT2D eigenvalue weighted by atomic mass is 16.3. The maximum atomic E-state index is 11.6. The zero-order valence-electron chi connectivity index (χ0n) is 12.3. The van der Waals surface area contributed by atoms with Crippen LogP contribution in [0, 0.1) is 11.8 Å². The molecule has 2 rings (SSSR count). The Labute approximate surface area is 116 Å². The molecule has 0 aromatic rings. The predicted molar refractivity (Wildman–Crippen MR) is 75.8 cm³/mol. The quantitative estimate of drug-likeness (QED) is 0.813. The van der Waals surface area contributed by atoms with Gasteiger partial charge in [0.05, 0.1) is 5.60 Å². The predicted octanol–water partition coefficient (Wildman–Crippen LogP) is 1.39. The summed E-state index contributed by atoms with van der Waals surface area (Å²) in [6, 6.07) is 0. The number of carbonyl (C=O) groups excluding carboxylic acids is 1. The minimum Gasteiger partial charge on any atom is -0.389 e. The standard InChI is InChI=1S/C15H28N2O2/c1-12-3-7-15(19,8-4-12)11-17-9-5-13(6-10-17)14(18)16-2/h12-13,19H,3-11H2,1-2H3,(H,16,18). The first kappa shape index (κ1) is 14.8. The van der Waals surface area contributed by atoms with E-state index in [1.807, 2.05) is 0 Å². The summed E-state index contributed by atoms with van der Waals surface area (Å²) in [7, 11) is 1.71. The fourth-order valence-electron chi connectivity index (χ4n) is 3.43. The number of likely N-dealkylation sites (tertiary alicyclic amines) is 1. The van der Waals surface area contributed by atoms with E-state index in [0.717, 1.165) is 64.1 Å². The Bertz CT molecular complexity index is 303. The van der Waals surface area contributed by atoms with Crippen molar-refractivity contribution in [3.8, 4) is 0 Å². The smallest absolute Gasteiger partial charge is 0.222 e. The SMILES string of the molecule is CNC(=O)C1CCN(CC2(O)CCC(C)CC2)CC1. The average Bonchev–Trinajstić information content (AvgIpc) is 2.42. The Balaban J connectivity index is 1.77. The van der Waals surface area contributed by atoms with Crippen LogP contribution >= 0.6 is 0 Å². The van der Waals surface area contributed by atoms with Crippen molar-refractivity contribution in [1.29, 1.82) is 0 Å². The summed E-state index contributed by atoms with van der Waals surface area (Å²) in [5.74, 6) is 1.10. The monoisotopic (exact) mass is 268 g/mol. The lowest BCUT2D eigenvalue weighted by atomic mass is 9.79. The molecule has 1 aliphatic carbocycles.